The molecule has 7 nitrogen and oxygen atoms in total. The van der Waals surface area contributed by atoms with Crippen molar-refractivity contribution >= 4 is 5.91 Å². The molecule has 1 aliphatic rings. The normalized spacial score (nSPS) is 14.6. The highest BCUT2D eigenvalue weighted by molar-refractivity contribution is 5.75. The van der Waals surface area contributed by atoms with Gasteiger partial charge in [0.1, 0.15) is 6.54 Å². The third kappa shape index (κ3) is 4.31. The van der Waals surface area contributed by atoms with E-state index in [2.05, 4.69) is 15.7 Å². The summed E-state index contributed by atoms with van der Waals surface area (Å²) in [6.07, 6.45) is -2.97. The monoisotopic (exact) mass is 369 g/mol. The average Bonchev–Trinajstić information content (AvgIpc) is 2.83. The van der Waals surface area contributed by atoms with Crippen molar-refractivity contribution < 1.29 is 18.0 Å². The van der Waals surface area contributed by atoms with Crippen molar-refractivity contribution in [1.29, 1.82) is 0 Å². The van der Waals surface area contributed by atoms with Gasteiger partial charge in [-0.05, 0) is 25.1 Å². The van der Waals surface area contributed by atoms with E-state index in [9.17, 15) is 22.8 Å². The molecule has 1 aliphatic heterocycles. The molecule has 0 fully saturated rings. The third-order valence-corrected chi connectivity index (χ3v) is 4.03. The maximum Gasteiger partial charge on any atom is 0.417 e. The Kier molecular flexibility index (Phi) is 5.12. The van der Waals surface area contributed by atoms with Crippen LogP contribution in [0, 0.1) is 0 Å². The van der Waals surface area contributed by atoms with Crippen LogP contribution in [-0.4, -0.2) is 26.8 Å². The molecule has 3 rings (SSSR count). The molecular formula is C16H18F3N5O2. The number of aryl methyl sites for hydroxylation is 1. The molecule has 3 heterocycles. The summed E-state index contributed by atoms with van der Waals surface area (Å²) in [4.78, 5) is 23.7. The van der Waals surface area contributed by atoms with Crippen molar-refractivity contribution in [3.8, 4) is 0 Å². The van der Waals surface area contributed by atoms with Crippen molar-refractivity contribution in [2.45, 2.75) is 38.8 Å². The van der Waals surface area contributed by atoms with Crippen LogP contribution in [0.15, 0.2) is 29.2 Å². The molecule has 0 atom stereocenters. The molecule has 26 heavy (non-hydrogen) atoms. The van der Waals surface area contributed by atoms with Crippen LogP contribution >= 0.6 is 0 Å². The Morgan fingerprint density at radius 2 is 2.15 bits per heavy atom. The van der Waals surface area contributed by atoms with Gasteiger partial charge in [0.05, 0.1) is 23.5 Å². The third-order valence-electron chi connectivity index (χ3n) is 4.03. The van der Waals surface area contributed by atoms with Crippen LogP contribution in [0.3, 0.4) is 0 Å². The number of fused-ring (bicyclic) bond motifs is 1. The van der Waals surface area contributed by atoms with E-state index >= 15 is 0 Å². The van der Waals surface area contributed by atoms with Crippen LogP contribution in [0.2, 0.25) is 0 Å². The number of carbonyl (C=O) groups is 1. The van der Waals surface area contributed by atoms with E-state index in [1.165, 1.54) is 0 Å². The van der Waals surface area contributed by atoms with Gasteiger partial charge in [0.2, 0.25) is 5.91 Å². The quantitative estimate of drug-likeness (QED) is 0.838. The van der Waals surface area contributed by atoms with Crippen LogP contribution in [0.5, 0.6) is 0 Å². The van der Waals surface area contributed by atoms with E-state index in [4.69, 9.17) is 0 Å². The first kappa shape index (κ1) is 18.2. The fraction of sp³-hybridized carbons (Fsp3) is 0.438. The van der Waals surface area contributed by atoms with Crippen molar-refractivity contribution in [3.05, 3.63) is 51.7 Å². The van der Waals surface area contributed by atoms with E-state index in [1.54, 1.807) is 0 Å². The highest BCUT2D eigenvalue weighted by atomic mass is 19.4. The number of hydrogen-bond acceptors (Lipinski definition) is 4. The second kappa shape index (κ2) is 7.32. The molecule has 0 saturated heterocycles. The van der Waals surface area contributed by atoms with Gasteiger partial charge in [0.15, 0.2) is 0 Å². The van der Waals surface area contributed by atoms with Gasteiger partial charge in [-0.2, -0.15) is 18.3 Å². The predicted molar refractivity (Wildman–Crippen MR) is 86.1 cm³/mol. The minimum Gasteiger partial charge on any atom is -0.349 e. The van der Waals surface area contributed by atoms with Crippen LogP contribution in [0.25, 0.3) is 0 Å². The van der Waals surface area contributed by atoms with Crippen molar-refractivity contribution in [3.63, 3.8) is 0 Å². The van der Waals surface area contributed by atoms with Gasteiger partial charge in [0, 0.05) is 25.4 Å². The molecule has 0 unspecified atom stereocenters. The molecule has 140 valence electrons. The minimum atomic E-state index is -4.58. The Hall–Kier alpha value is -2.62. The molecule has 0 aliphatic carbocycles. The minimum absolute atomic E-state index is 0.145. The first-order chi connectivity index (χ1) is 12.3. The summed E-state index contributed by atoms with van der Waals surface area (Å²) < 4.78 is 40.8. The van der Waals surface area contributed by atoms with Crippen LogP contribution in [-0.2, 0) is 37.1 Å². The number of carbonyl (C=O) groups excluding carboxylic acids is 1. The standard InChI is InChI=1S/C16H18F3N5O2/c17-16(18,19)11-2-3-15(26)23(9-11)10-14(25)21-7-12-6-13-8-20-4-1-5-24(13)22-12/h2-3,6,9,20H,1,4-5,7-8,10H2,(H,21,25). The lowest BCUT2D eigenvalue weighted by Crippen LogP contribution is -2.32. The maximum atomic E-state index is 12.7. The zero-order chi connectivity index (χ0) is 18.7. The molecule has 2 aromatic rings. The Morgan fingerprint density at radius 1 is 1.35 bits per heavy atom. The molecular weight excluding hydrogens is 351 g/mol. The SMILES string of the molecule is O=C(Cn1cc(C(F)(F)F)ccc1=O)NCc1cc2n(n1)CCCNC2. The Bertz CT molecular complexity index is 833. The molecule has 0 aromatic carbocycles. The zero-order valence-corrected chi connectivity index (χ0v) is 13.8. The van der Waals surface area contributed by atoms with Gasteiger partial charge in [-0.3, -0.25) is 14.3 Å². The summed E-state index contributed by atoms with van der Waals surface area (Å²) in [5, 5.41) is 10.2. The number of hydrogen-bond donors (Lipinski definition) is 2. The van der Waals surface area contributed by atoms with Crippen LogP contribution < -0.4 is 16.2 Å². The largest absolute Gasteiger partial charge is 0.417 e. The maximum absolute atomic E-state index is 12.7. The number of halogens is 3. The summed E-state index contributed by atoms with van der Waals surface area (Å²) in [7, 11) is 0. The highest BCUT2D eigenvalue weighted by Gasteiger charge is 2.31. The first-order valence-corrected chi connectivity index (χ1v) is 8.13. The Labute approximate surface area is 146 Å². The number of pyridine rings is 1. The van der Waals surface area contributed by atoms with Gasteiger partial charge in [-0.1, -0.05) is 0 Å². The van der Waals surface area contributed by atoms with Crippen LogP contribution in [0.4, 0.5) is 13.2 Å². The topological polar surface area (TPSA) is 81.0 Å². The molecule has 0 spiro atoms. The molecule has 10 heteroatoms. The average molecular weight is 369 g/mol. The summed E-state index contributed by atoms with van der Waals surface area (Å²) in [6, 6.07) is 3.37. The molecule has 0 radical (unpaired) electrons. The second-order valence-corrected chi connectivity index (χ2v) is 6.04. The summed E-state index contributed by atoms with van der Waals surface area (Å²) in [6.45, 7) is 2.06. The molecule has 2 aromatic heterocycles. The van der Waals surface area contributed by atoms with E-state index in [-0.39, 0.29) is 6.54 Å². The molecule has 0 saturated carbocycles. The summed E-state index contributed by atoms with van der Waals surface area (Å²) in [5.41, 5.74) is 0.0254. The van der Waals surface area contributed by atoms with Gasteiger partial charge >= 0.3 is 6.18 Å². The van der Waals surface area contributed by atoms with E-state index < -0.39 is 29.8 Å². The molecule has 2 N–H and O–H groups in total. The smallest absolute Gasteiger partial charge is 0.349 e. The predicted octanol–water partition coefficient (Wildman–Crippen LogP) is 0.873. The van der Waals surface area contributed by atoms with E-state index in [0.29, 0.717) is 24.5 Å². The fourth-order valence-corrected chi connectivity index (χ4v) is 2.73. The zero-order valence-electron chi connectivity index (χ0n) is 13.8. The van der Waals surface area contributed by atoms with Gasteiger partial charge in [-0.25, -0.2) is 0 Å². The van der Waals surface area contributed by atoms with Gasteiger partial charge < -0.3 is 15.2 Å². The first-order valence-electron chi connectivity index (χ1n) is 8.13. The lowest BCUT2D eigenvalue weighted by atomic mass is 10.2. The second-order valence-electron chi connectivity index (χ2n) is 6.04. The van der Waals surface area contributed by atoms with Crippen molar-refractivity contribution in [2.24, 2.45) is 0 Å². The number of rotatable bonds is 4. The molecule has 1 amide bonds. The Morgan fingerprint density at radius 3 is 2.92 bits per heavy atom. The van der Waals surface area contributed by atoms with E-state index in [0.717, 1.165) is 35.8 Å². The van der Waals surface area contributed by atoms with E-state index in [1.807, 2.05) is 10.7 Å². The number of alkyl halides is 3. The highest BCUT2D eigenvalue weighted by Crippen LogP contribution is 2.27. The molecule has 0 bridgehead atoms. The van der Waals surface area contributed by atoms with Crippen molar-refractivity contribution in [1.82, 2.24) is 25.0 Å². The van der Waals surface area contributed by atoms with Gasteiger partial charge in [-0.15, -0.1) is 0 Å². The number of nitrogens with one attached hydrogen (secondary N) is 2. The fourth-order valence-electron chi connectivity index (χ4n) is 2.73. The summed E-state index contributed by atoms with van der Waals surface area (Å²) in [5.74, 6) is -0.562. The number of amides is 1. The number of aromatic nitrogens is 3. The lowest BCUT2D eigenvalue weighted by Gasteiger charge is -2.10. The van der Waals surface area contributed by atoms with Crippen molar-refractivity contribution in [2.75, 3.05) is 6.54 Å². The van der Waals surface area contributed by atoms with Crippen LogP contribution in [0.1, 0.15) is 23.4 Å². The van der Waals surface area contributed by atoms with Gasteiger partial charge in [0.25, 0.3) is 5.56 Å². The lowest BCUT2D eigenvalue weighted by molar-refractivity contribution is -0.138. The number of nitrogens with zero attached hydrogens (tertiary/aromatic N) is 3. The summed E-state index contributed by atoms with van der Waals surface area (Å²) >= 11 is 0. The Balaban J connectivity index is 1.62.